The van der Waals surface area contributed by atoms with Gasteiger partial charge in [0, 0.05) is 25.1 Å². The Morgan fingerprint density at radius 3 is 2.29 bits per heavy atom. The Kier molecular flexibility index (Phi) is 7.43. The molecule has 0 fully saturated rings. The first-order valence-electron chi connectivity index (χ1n) is 7.95. The molecule has 0 saturated carbocycles. The number of hydrogen-bond acceptors (Lipinski definition) is 5. The van der Waals surface area contributed by atoms with Crippen molar-refractivity contribution in [1.82, 2.24) is 9.97 Å². The maximum atomic E-state index is 5.56. The fourth-order valence-corrected chi connectivity index (χ4v) is 1.91. The minimum atomic E-state index is 0.245. The number of nitrogens with zero attached hydrogens (tertiary/aromatic N) is 2. The van der Waals surface area contributed by atoms with Crippen molar-refractivity contribution >= 4 is 11.6 Å². The van der Waals surface area contributed by atoms with Gasteiger partial charge in [-0.2, -0.15) is 0 Å². The molecular weight excluding hydrogens is 264 g/mol. The van der Waals surface area contributed by atoms with E-state index >= 15 is 0 Å². The lowest BCUT2D eigenvalue weighted by molar-refractivity contribution is 0.126. The molecule has 1 rings (SSSR count). The summed E-state index contributed by atoms with van der Waals surface area (Å²) in [5.74, 6) is 3.36. The third-order valence-corrected chi connectivity index (χ3v) is 3.26. The number of anilines is 2. The molecule has 0 radical (unpaired) electrons. The topological polar surface area (TPSA) is 59.1 Å². The average molecular weight is 294 g/mol. The average Bonchev–Trinajstić information content (AvgIpc) is 2.43. The van der Waals surface area contributed by atoms with Crippen LogP contribution in [0.2, 0.25) is 0 Å². The lowest BCUT2D eigenvalue weighted by atomic mass is 10.1. The lowest BCUT2D eigenvalue weighted by Crippen LogP contribution is -2.31. The minimum absolute atomic E-state index is 0.245. The molecule has 1 aromatic heterocycles. The van der Waals surface area contributed by atoms with Crippen LogP contribution in [-0.2, 0) is 4.74 Å². The van der Waals surface area contributed by atoms with Gasteiger partial charge < -0.3 is 15.4 Å². The summed E-state index contributed by atoms with van der Waals surface area (Å²) in [6.07, 6.45) is 0. The summed E-state index contributed by atoms with van der Waals surface area (Å²) < 4.78 is 5.56. The molecule has 1 aromatic rings. The molecule has 120 valence electrons. The minimum Gasteiger partial charge on any atom is -0.380 e. The molecule has 0 aromatic carbocycles. The molecule has 0 aliphatic heterocycles. The molecule has 2 N–H and O–H groups in total. The van der Waals surface area contributed by atoms with Gasteiger partial charge in [-0.05, 0) is 19.8 Å². The molecule has 0 aliphatic rings. The second-order valence-electron chi connectivity index (χ2n) is 5.84. The van der Waals surface area contributed by atoms with E-state index in [0.29, 0.717) is 18.4 Å². The third-order valence-electron chi connectivity index (χ3n) is 3.26. The van der Waals surface area contributed by atoms with Gasteiger partial charge in [-0.25, -0.2) is 9.97 Å². The van der Waals surface area contributed by atoms with Crippen LogP contribution in [0.4, 0.5) is 11.6 Å². The van der Waals surface area contributed by atoms with E-state index in [1.165, 1.54) is 0 Å². The van der Waals surface area contributed by atoms with Gasteiger partial charge in [-0.15, -0.1) is 0 Å². The van der Waals surface area contributed by atoms with Crippen molar-refractivity contribution in [3.8, 4) is 0 Å². The summed E-state index contributed by atoms with van der Waals surface area (Å²) in [6.45, 7) is 14.9. The van der Waals surface area contributed by atoms with Crippen molar-refractivity contribution in [1.29, 1.82) is 0 Å². The number of hydrogen-bond donors (Lipinski definition) is 2. The molecule has 0 saturated heterocycles. The zero-order chi connectivity index (χ0) is 15.8. The van der Waals surface area contributed by atoms with E-state index in [4.69, 9.17) is 4.74 Å². The van der Waals surface area contributed by atoms with Crippen molar-refractivity contribution in [2.45, 2.75) is 53.5 Å². The van der Waals surface area contributed by atoms with E-state index in [1.807, 2.05) is 13.0 Å². The highest BCUT2D eigenvalue weighted by Crippen LogP contribution is 2.19. The van der Waals surface area contributed by atoms with Crippen LogP contribution in [0.15, 0.2) is 6.07 Å². The first kappa shape index (κ1) is 17.7. The molecule has 5 heteroatoms. The van der Waals surface area contributed by atoms with Crippen LogP contribution >= 0.6 is 0 Å². The number of aromatic nitrogens is 2. The number of ether oxygens (including phenoxy) is 1. The largest absolute Gasteiger partial charge is 0.380 e. The third kappa shape index (κ3) is 5.87. The number of nitrogens with one attached hydrogen (secondary N) is 2. The predicted octanol–water partition coefficient (Wildman–Crippen LogP) is 3.50. The summed E-state index contributed by atoms with van der Waals surface area (Å²) in [5, 5.41) is 6.76. The molecule has 1 unspecified atom stereocenters. The summed E-state index contributed by atoms with van der Waals surface area (Å²) in [6, 6.07) is 2.21. The molecule has 0 aliphatic carbocycles. The van der Waals surface area contributed by atoms with E-state index in [9.17, 15) is 0 Å². The summed E-state index contributed by atoms with van der Waals surface area (Å²) in [5.41, 5.74) is 0. The van der Waals surface area contributed by atoms with Crippen LogP contribution in [0.1, 0.15) is 53.3 Å². The molecular formula is C16H30N4O. The van der Waals surface area contributed by atoms with E-state index < -0.39 is 0 Å². The van der Waals surface area contributed by atoms with Crippen molar-refractivity contribution in [3.05, 3.63) is 11.9 Å². The Labute approximate surface area is 128 Å². The Hall–Kier alpha value is -1.36. The van der Waals surface area contributed by atoms with Crippen LogP contribution in [0.3, 0.4) is 0 Å². The molecule has 0 bridgehead atoms. The zero-order valence-corrected chi connectivity index (χ0v) is 14.2. The maximum Gasteiger partial charge on any atom is 0.135 e. The molecule has 0 spiro atoms. The second kappa shape index (κ2) is 8.82. The van der Waals surface area contributed by atoms with Crippen LogP contribution in [0.25, 0.3) is 0 Å². The SMILES string of the molecule is CCNc1cc(NC(COCC)C(C)C)nc(C(C)C)n1. The molecule has 1 atom stereocenters. The standard InChI is InChI=1S/C16H30N4O/c1-7-17-14-9-15(20-16(19-14)12(5)6)18-13(11(3)4)10-21-8-2/h9,11-13H,7-8,10H2,1-6H3,(H2,17,18,19,20). The quantitative estimate of drug-likeness (QED) is 0.730. The number of rotatable bonds is 9. The lowest BCUT2D eigenvalue weighted by Gasteiger charge is -2.23. The highest BCUT2D eigenvalue weighted by molar-refractivity contribution is 5.48. The van der Waals surface area contributed by atoms with E-state index in [1.54, 1.807) is 0 Å². The maximum absolute atomic E-state index is 5.56. The normalized spacial score (nSPS) is 12.8. The first-order chi connectivity index (χ1) is 9.97. The van der Waals surface area contributed by atoms with Crippen LogP contribution < -0.4 is 10.6 Å². The molecule has 0 amide bonds. The zero-order valence-electron chi connectivity index (χ0n) is 14.2. The van der Waals surface area contributed by atoms with E-state index in [0.717, 1.165) is 30.6 Å². The van der Waals surface area contributed by atoms with Gasteiger partial charge in [0.25, 0.3) is 0 Å². The van der Waals surface area contributed by atoms with E-state index in [2.05, 4.69) is 55.2 Å². The second-order valence-corrected chi connectivity index (χ2v) is 5.84. The smallest absolute Gasteiger partial charge is 0.135 e. The highest BCUT2D eigenvalue weighted by Gasteiger charge is 2.15. The van der Waals surface area contributed by atoms with Crippen LogP contribution in [0, 0.1) is 5.92 Å². The van der Waals surface area contributed by atoms with Gasteiger partial charge >= 0.3 is 0 Å². The molecule has 1 heterocycles. The van der Waals surface area contributed by atoms with Crippen LogP contribution in [0.5, 0.6) is 0 Å². The van der Waals surface area contributed by atoms with E-state index in [-0.39, 0.29) is 6.04 Å². The van der Waals surface area contributed by atoms with Crippen LogP contribution in [-0.4, -0.2) is 35.8 Å². The fourth-order valence-electron chi connectivity index (χ4n) is 1.91. The summed E-state index contributed by atoms with van der Waals surface area (Å²) in [4.78, 5) is 9.17. The first-order valence-corrected chi connectivity index (χ1v) is 7.95. The summed E-state index contributed by atoms with van der Waals surface area (Å²) in [7, 11) is 0. The van der Waals surface area contributed by atoms with Crippen molar-refractivity contribution in [3.63, 3.8) is 0 Å². The fraction of sp³-hybridized carbons (Fsp3) is 0.750. The Bertz CT molecular complexity index is 421. The molecule has 5 nitrogen and oxygen atoms in total. The van der Waals surface area contributed by atoms with Gasteiger partial charge in [0.05, 0.1) is 12.6 Å². The monoisotopic (exact) mass is 294 g/mol. The highest BCUT2D eigenvalue weighted by atomic mass is 16.5. The Balaban J connectivity index is 2.93. The van der Waals surface area contributed by atoms with Crippen molar-refractivity contribution in [2.24, 2.45) is 5.92 Å². The van der Waals surface area contributed by atoms with Gasteiger partial charge in [-0.1, -0.05) is 27.7 Å². The van der Waals surface area contributed by atoms with Crippen molar-refractivity contribution in [2.75, 3.05) is 30.4 Å². The van der Waals surface area contributed by atoms with Gasteiger partial charge in [0.1, 0.15) is 17.5 Å². The van der Waals surface area contributed by atoms with Gasteiger partial charge in [0.2, 0.25) is 0 Å². The Morgan fingerprint density at radius 2 is 1.76 bits per heavy atom. The van der Waals surface area contributed by atoms with Gasteiger partial charge in [0.15, 0.2) is 0 Å². The molecule has 21 heavy (non-hydrogen) atoms. The van der Waals surface area contributed by atoms with Gasteiger partial charge in [-0.3, -0.25) is 0 Å². The summed E-state index contributed by atoms with van der Waals surface area (Å²) >= 11 is 0. The Morgan fingerprint density at radius 1 is 1.10 bits per heavy atom. The van der Waals surface area contributed by atoms with Crippen molar-refractivity contribution < 1.29 is 4.74 Å². The predicted molar refractivity (Wildman–Crippen MR) is 89.0 cm³/mol.